The highest BCUT2D eigenvalue weighted by Crippen LogP contribution is 2.29. The molecule has 0 aliphatic rings. The van der Waals surface area contributed by atoms with E-state index in [4.69, 9.17) is 4.74 Å². The molecule has 0 spiro atoms. The van der Waals surface area contributed by atoms with Gasteiger partial charge in [0.1, 0.15) is 5.75 Å². The van der Waals surface area contributed by atoms with Crippen molar-refractivity contribution in [2.24, 2.45) is 0 Å². The third-order valence-corrected chi connectivity index (χ3v) is 5.48. The van der Waals surface area contributed by atoms with Crippen LogP contribution in [0.5, 0.6) is 5.75 Å². The number of benzene rings is 2. The number of unbranched alkanes of at least 4 members (excludes halogenated alkanes) is 1. The number of anilines is 1. The normalized spacial score (nSPS) is 12.4. The molecular weight excluding hydrogens is 418 g/mol. The van der Waals surface area contributed by atoms with Gasteiger partial charge in [-0.2, -0.15) is 0 Å². The first-order valence-corrected chi connectivity index (χ1v) is 11.6. The summed E-state index contributed by atoms with van der Waals surface area (Å²) in [4.78, 5) is 36.9. The molecule has 178 valence electrons. The van der Waals surface area contributed by atoms with Crippen molar-refractivity contribution in [2.45, 2.75) is 71.8 Å². The molecule has 0 saturated carbocycles. The Morgan fingerprint density at radius 2 is 1.61 bits per heavy atom. The summed E-state index contributed by atoms with van der Waals surface area (Å²) >= 11 is 0. The lowest BCUT2D eigenvalue weighted by atomic mass is 9.98. The van der Waals surface area contributed by atoms with Gasteiger partial charge in [-0.15, -0.1) is 0 Å². The Hall–Kier alpha value is -3.35. The van der Waals surface area contributed by atoms with E-state index in [1.165, 1.54) is 0 Å². The zero-order valence-corrected chi connectivity index (χ0v) is 19.9. The van der Waals surface area contributed by atoms with Crippen LogP contribution in [0.25, 0.3) is 0 Å². The molecule has 0 saturated heterocycles. The fourth-order valence-electron chi connectivity index (χ4n) is 3.23. The second kappa shape index (κ2) is 13.3. The Morgan fingerprint density at radius 1 is 0.909 bits per heavy atom. The number of carbonyl (C=O) groups is 3. The highest BCUT2D eigenvalue weighted by atomic mass is 16.5. The van der Waals surface area contributed by atoms with Crippen LogP contribution in [0.3, 0.4) is 0 Å². The van der Waals surface area contributed by atoms with Crippen molar-refractivity contribution < 1.29 is 19.1 Å². The maximum absolute atomic E-state index is 12.6. The van der Waals surface area contributed by atoms with Crippen molar-refractivity contribution in [3.63, 3.8) is 0 Å². The van der Waals surface area contributed by atoms with Crippen LogP contribution in [0.15, 0.2) is 48.5 Å². The fraction of sp³-hybridized carbons (Fsp3) is 0.423. The maximum Gasteiger partial charge on any atom is 0.279 e. The van der Waals surface area contributed by atoms with Gasteiger partial charge in [0.25, 0.3) is 11.8 Å². The van der Waals surface area contributed by atoms with Crippen LogP contribution >= 0.6 is 0 Å². The van der Waals surface area contributed by atoms with Gasteiger partial charge >= 0.3 is 0 Å². The van der Waals surface area contributed by atoms with Gasteiger partial charge in [0.15, 0.2) is 6.10 Å². The summed E-state index contributed by atoms with van der Waals surface area (Å²) in [6.45, 7) is 8.10. The van der Waals surface area contributed by atoms with E-state index in [9.17, 15) is 14.4 Å². The fourth-order valence-corrected chi connectivity index (χ4v) is 3.23. The monoisotopic (exact) mass is 453 g/mol. The molecule has 0 bridgehead atoms. The van der Waals surface area contributed by atoms with Crippen LogP contribution in [0.1, 0.15) is 81.6 Å². The predicted molar refractivity (Wildman–Crippen MR) is 130 cm³/mol. The number of carbonyl (C=O) groups excluding carboxylic acids is 3. The Morgan fingerprint density at radius 3 is 2.24 bits per heavy atom. The molecule has 0 heterocycles. The lowest BCUT2D eigenvalue weighted by Gasteiger charge is -2.21. The van der Waals surface area contributed by atoms with Gasteiger partial charge in [0, 0.05) is 17.7 Å². The van der Waals surface area contributed by atoms with Crippen LogP contribution in [0.2, 0.25) is 0 Å². The van der Waals surface area contributed by atoms with Crippen LogP contribution < -0.4 is 20.9 Å². The van der Waals surface area contributed by atoms with Gasteiger partial charge in [-0.25, -0.2) is 0 Å². The zero-order valence-electron chi connectivity index (χ0n) is 19.9. The molecule has 2 atom stereocenters. The average molecular weight is 454 g/mol. The zero-order chi connectivity index (χ0) is 24.2. The van der Waals surface area contributed by atoms with Crippen molar-refractivity contribution in [3.8, 4) is 5.75 Å². The van der Waals surface area contributed by atoms with Gasteiger partial charge in [0.2, 0.25) is 5.91 Å². The third kappa shape index (κ3) is 7.93. The second-order valence-electron chi connectivity index (χ2n) is 8.03. The first-order chi connectivity index (χ1) is 15.9. The largest absolute Gasteiger partial charge is 0.480 e. The molecule has 2 aromatic carbocycles. The molecule has 0 aromatic heterocycles. The van der Waals surface area contributed by atoms with E-state index in [2.05, 4.69) is 30.0 Å². The molecule has 3 amide bonds. The van der Waals surface area contributed by atoms with Crippen molar-refractivity contribution >= 4 is 23.4 Å². The van der Waals surface area contributed by atoms with Crippen LogP contribution in [0, 0.1) is 0 Å². The molecule has 7 heteroatoms. The van der Waals surface area contributed by atoms with E-state index in [0.717, 1.165) is 24.8 Å². The molecule has 0 aliphatic carbocycles. The molecule has 0 fully saturated rings. The van der Waals surface area contributed by atoms with E-state index < -0.39 is 17.9 Å². The molecule has 3 N–H and O–H groups in total. The Kier molecular flexibility index (Phi) is 10.4. The first-order valence-electron chi connectivity index (χ1n) is 11.6. The Labute approximate surface area is 196 Å². The van der Waals surface area contributed by atoms with E-state index in [1.807, 2.05) is 38.1 Å². The smallest absolute Gasteiger partial charge is 0.279 e. The number of ether oxygens (including phenoxy) is 1. The number of hydrogen-bond acceptors (Lipinski definition) is 4. The van der Waals surface area contributed by atoms with Gasteiger partial charge < -0.3 is 10.1 Å². The molecule has 7 nitrogen and oxygen atoms in total. The van der Waals surface area contributed by atoms with Crippen LogP contribution in [-0.2, 0) is 9.59 Å². The summed E-state index contributed by atoms with van der Waals surface area (Å²) in [5.41, 5.74) is 6.92. The molecule has 2 unspecified atom stereocenters. The number of amides is 3. The quantitative estimate of drug-likeness (QED) is 0.420. The van der Waals surface area contributed by atoms with Crippen molar-refractivity contribution in [3.05, 3.63) is 59.7 Å². The minimum absolute atomic E-state index is 0.0539. The standard InChI is InChI=1S/C26H35N3O4/c1-5-8-13-24(30)27-20-16-14-19(15-17-20)25(31)28-29-26(32)22(7-3)33-23-12-10-9-11-21(23)18(4)6-2/h9-12,14-18,22H,5-8,13H2,1-4H3,(H,27,30)(H,28,31)(H,29,32). The number of hydrogen-bond donors (Lipinski definition) is 3. The van der Waals surface area contributed by atoms with E-state index in [-0.39, 0.29) is 5.91 Å². The van der Waals surface area contributed by atoms with Crippen LogP contribution in [-0.4, -0.2) is 23.8 Å². The summed E-state index contributed by atoms with van der Waals surface area (Å²) < 4.78 is 5.99. The first kappa shape index (κ1) is 25.9. The summed E-state index contributed by atoms with van der Waals surface area (Å²) in [5.74, 6) is 0.0473. The van der Waals surface area contributed by atoms with Gasteiger partial charge in [0.05, 0.1) is 0 Å². The van der Waals surface area contributed by atoms with E-state index in [1.54, 1.807) is 24.3 Å². The van der Waals surface area contributed by atoms with Crippen molar-refractivity contribution in [1.82, 2.24) is 10.9 Å². The topological polar surface area (TPSA) is 96.5 Å². The predicted octanol–water partition coefficient (Wildman–Crippen LogP) is 4.95. The number of rotatable bonds is 11. The van der Waals surface area contributed by atoms with E-state index in [0.29, 0.717) is 35.8 Å². The highest BCUT2D eigenvalue weighted by Gasteiger charge is 2.21. The average Bonchev–Trinajstić information content (AvgIpc) is 2.84. The minimum Gasteiger partial charge on any atom is -0.480 e. The van der Waals surface area contributed by atoms with Crippen molar-refractivity contribution in [2.75, 3.05) is 5.32 Å². The molecule has 2 aromatic rings. The molecule has 0 radical (unpaired) electrons. The summed E-state index contributed by atoms with van der Waals surface area (Å²) in [6.07, 6.45) is 2.91. The minimum atomic E-state index is -0.740. The summed E-state index contributed by atoms with van der Waals surface area (Å²) in [5, 5.41) is 2.80. The number of para-hydroxylation sites is 1. The van der Waals surface area contributed by atoms with Gasteiger partial charge in [-0.3, -0.25) is 25.2 Å². The van der Waals surface area contributed by atoms with Crippen LogP contribution in [0.4, 0.5) is 5.69 Å². The summed E-state index contributed by atoms with van der Waals surface area (Å²) in [6, 6.07) is 14.2. The number of nitrogens with one attached hydrogen (secondary N) is 3. The molecule has 33 heavy (non-hydrogen) atoms. The van der Waals surface area contributed by atoms with Gasteiger partial charge in [-0.1, -0.05) is 52.3 Å². The molecule has 0 aliphatic heterocycles. The third-order valence-electron chi connectivity index (χ3n) is 5.48. The highest BCUT2D eigenvalue weighted by molar-refractivity contribution is 5.97. The lowest BCUT2D eigenvalue weighted by Crippen LogP contribution is -2.48. The maximum atomic E-state index is 12.6. The number of hydrazine groups is 1. The molecule has 2 rings (SSSR count). The second-order valence-corrected chi connectivity index (χ2v) is 8.03. The molecular formula is C26H35N3O4. The van der Waals surface area contributed by atoms with Gasteiger partial charge in [-0.05, 0) is 61.1 Å². The van der Waals surface area contributed by atoms with E-state index >= 15 is 0 Å². The lowest BCUT2D eigenvalue weighted by molar-refractivity contribution is -0.129. The summed E-state index contributed by atoms with van der Waals surface area (Å²) in [7, 11) is 0. The van der Waals surface area contributed by atoms with Crippen molar-refractivity contribution in [1.29, 1.82) is 0 Å². The Bertz CT molecular complexity index is 927. The SMILES string of the molecule is CCCCC(=O)Nc1ccc(C(=O)NNC(=O)C(CC)Oc2ccccc2C(C)CC)cc1. The Balaban J connectivity index is 1.92.